The van der Waals surface area contributed by atoms with Gasteiger partial charge in [0.15, 0.2) is 14.6 Å². The Balaban J connectivity index is 1.89. The van der Waals surface area contributed by atoms with Gasteiger partial charge in [-0.3, -0.25) is 0 Å². The number of hydrogen-bond donors (Lipinski definition) is 1. The molecule has 0 saturated heterocycles. The van der Waals surface area contributed by atoms with Crippen LogP contribution in [-0.4, -0.2) is 55.0 Å². The second-order valence-corrected chi connectivity index (χ2v) is 18.8. The van der Waals surface area contributed by atoms with Crippen molar-refractivity contribution in [2.45, 2.75) is 102 Å². The van der Waals surface area contributed by atoms with Gasteiger partial charge in [0, 0.05) is 19.6 Å². The zero-order chi connectivity index (χ0) is 30.1. The highest BCUT2D eigenvalue weighted by atomic mass is 32.2. The van der Waals surface area contributed by atoms with Crippen molar-refractivity contribution < 1.29 is 27.1 Å². The average molecular weight is 604 g/mol. The van der Waals surface area contributed by atoms with Gasteiger partial charge in [-0.25, -0.2) is 13.1 Å². The molecule has 1 N–H and O–H groups in total. The third kappa shape index (κ3) is 10.1. The van der Waals surface area contributed by atoms with Gasteiger partial charge >= 0.3 is 0 Å². The Labute approximate surface area is 248 Å². The molecule has 0 saturated carbocycles. The first-order valence-electron chi connectivity index (χ1n) is 14.6. The van der Waals surface area contributed by atoms with Gasteiger partial charge in [0.05, 0.1) is 18.1 Å². The van der Waals surface area contributed by atoms with E-state index in [1.54, 1.807) is 24.3 Å². The largest absolute Gasteiger partial charge is 0.414 e. The van der Waals surface area contributed by atoms with Crippen LogP contribution in [0, 0.1) is 6.92 Å². The van der Waals surface area contributed by atoms with Crippen molar-refractivity contribution in [3.63, 3.8) is 0 Å². The molecule has 1 aliphatic rings. The minimum absolute atomic E-state index is 0.0253. The summed E-state index contributed by atoms with van der Waals surface area (Å²) in [5.41, 5.74) is 2.83. The Bertz CT molecular complexity index is 1210. The lowest BCUT2D eigenvalue weighted by Gasteiger charge is -2.38. The van der Waals surface area contributed by atoms with Crippen LogP contribution < -0.4 is 4.72 Å². The molecule has 0 spiro atoms. The van der Waals surface area contributed by atoms with Gasteiger partial charge in [-0.1, -0.05) is 88.2 Å². The van der Waals surface area contributed by atoms with E-state index in [-0.39, 0.29) is 16.5 Å². The Morgan fingerprint density at radius 1 is 1.02 bits per heavy atom. The maximum atomic E-state index is 13.2. The van der Waals surface area contributed by atoms with Crippen LogP contribution in [0.3, 0.4) is 0 Å². The van der Waals surface area contributed by atoms with E-state index in [1.165, 1.54) is 0 Å². The molecule has 1 aliphatic heterocycles. The van der Waals surface area contributed by atoms with Crippen molar-refractivity contribution >= 4 is 18.3 Å². The lowest BCUT2D eigenvalue weighted by Crippen LogP contribution is -2.47. The summed E-state index contributed by atoms with van der Waals surface area (Å²) in [7, 11) is -5.83. The highest BCUT2D eigenvalue weighted by molar-refractivity contribution is 7.89. The minimum Gasteiger partial charge on any atom is -0.414 e. The highest BCUT2D eigenvalue weighted by Crippen LogP contribution is 2.37. The second-order valence-electron chi connectivity index (χ2n) is 12.3. The highest BCUT2D eigenvalue weighted by Gasteiger charge is 2.40. The fourth-order valence-corrected chi connectivity index (χ4v) is 6.18. The van der Waals surface area contributed by atoms with Crippen molar-refractivity contribution in [3.8, 4) is 0 Å². The molecule has 2 aromatic carbocycles. The van der Waals surface area contributed by atoms with Crippen LogP contribution in [-0.2, 0) is 35.3 Å². The van der Waals surface area contributed by atoms with Gasteiger partial charge in [-0.15, -0.1) is 0 Å². The molecule has 0 unspecified atom stereocenters. The molecular formula is C32H49NO6SSi. The van der Waals surface area contributed by atoms with Gasteiger partial charge < -0.3 is 18.6 Å². The van der Waals surface area contributed by atoms with Crippen molar-refractivity contribution in [2.75, 3.05) is 19.8 Å². The van der Waals surface area contributed by atoms with Crippen LogP contribution >= 0.6 is 0 Å². The summed E-state index contributed by atoms with van der Waals surface area (Å²) in [5.74, 6) is 0. The standard InChI is InChI=1S/C32H49NO6SSi/c1-8-9-21-36-30-20-17-27(22-33-40(34,35)28-18-15-25(2)16-19-28)31(37-23-26-13-11-10-12-14-26)29(39-30)24-38-41(6,7)32(3,4)5/h10-19,29-31,33H,8-9,20-24H2,1-7H3/t29-,30-,31+/m1/s1. The monoisotopic (exact) mass is 603 g/mol. The summed E-state index contributed by atoms with van der Waals surface area (Å²) in [6.07, 6.45) is 2.99. The molecule has 3 atom stereocenters. The Morgan fingerprint density at radius 2 is 1.71 bits per heavy atom. The summed E-state index contributed by atoms with van der Waals surface area (Å²) in [5, 5.41) is 0.0253. The summed E-state index contributed by atoms with van der Waals surface area (Å²) in [6, 6.07) is 16.8. The molecule has 0 amide bonds. The maximum absolute atomic E-state index is 13.2. The zero-order valence-electron chi connectivity index (χ0n) is 25.8. The smallest absolute Gasteiger partial charge is 0.240 e. The fourth-order valence-electron chi connectivity index (χ4n) is 4.15. The van der Waals surface area contributed by atoms with Gasteiger partial charge in [0.2, 0.25) is 10.0 Å². The molecule has 0 aliphatic carbocycles. The number of unbranched alkanes of at least 4 members (excludes halogenated alkanes) is 1. The fraction of sp³-hybridized carbons (Fsp3) is 0.562. The van der Waals surface area contributed by atoms with E-state index in [9.17, 15) is 8.42 Å². The molecule has 0 aromatic heterocycles. The van der Waals surface area contributed by atoms with Gasteiger partial charge in [0.25, 0.3) is 0 Å². The van der Waals surface area contributed by atoms with Crippen molar-refractivity contribution in [1.29, 1.82) is 0 Å². The minimum atomic E-state index is -3.73. The Hall–Kier alpha value is -1.85. The summed E-state index contributed by atoms with van der Waals surface area (Å²) < 4.78 is 55.0. The van der Waals surface area contributed by atoms with Crippen LogP contribution in [0.5, 0.6) is 0 Å². The Kier molecular flexibility index (Phi) is 12.3. The van der Waals surface area contributed by atoms with E-state index in [1.807, 2.05) is 43.3 Å². The maximum Gasteiger partial charge on any atom is 0.240 e. The number of ether oxygens (including phenoxy) is 3. The Morgan fingerprint density at radius 3 is 2.34 bits per heavy atom. The molecule has 0 bridgehead atoms. The van der Waals surface area contributed by atoms with E-state index < -0.39 is 36.8 Å². The van der Waals surface area contributed by atoms with Crippen LogP contribution in [0.1, 0.15) is 58.1 Å². The summed E-state index contributed by atoms with van der Waals surface area (Å²) in [6.45, 7) is 16.5. The third-order valence-corrected chi connectivity index (χ3v) is 13.8. The van der Waals surface area contributed by atoms with Crippen molar-refractivity contribution in [3.05, 3.63) is 77.4 Å². The molecule has 0 fully saturated rings. The first-order chi connectivity index (χ1) is 19.3. The van der Waals surface area contributed by atoms with Gasteiger partial charge in [-0.05, 0) is 54.7 Å². The SMILES string of the molecule is CCCCO[C@H]1CC=C(CNS(=O)(=O)c2ccc(C)cc2)[C@H](OCc2ccccc2)[C@@H](CO[Si](C)(C)C(C)(C)C)O1. The van der Waals surface area contributed by atoms with Crippen LogP contribution in [0.15, 0.2) is 71.1 Å². The van der Waals surface area contributed by atoms with E-state index in [4.69, 9.17) is 18.6 Å². The van der Waals surface area contributed by atoms with E-state index >= 15 is 0 Å². The van der Waals surface area contributed by atoms with E-state index in [0.29, 0.717) is 26.2 Å². The van der Waals surface area contributed by atoms with E-state index in [2.05, 4.69) is 45.5 Å². The zero-order valence-corrected chi connectivity index (χ0v) is 27.6. The van der Waals surface area contributed by atoms with Crippen LogP contribution in [0.2, 0.25) is 18.1 Å². The van der Waals surface area contributed by atoms with Crippen molar-refractivity contribution in [1.82, 2.24) is 4.72 Å². The molecule has 228 valence electrons. The molecule has 9 heteroatoms. The number of benzene rings is 2. The van der Waals surface area contributed by atoms with Crippen molar-refractivity contribution in [2.24, 2.45) is 0 Å². The predicted molar refractivity (Wildman–Crippen MR) is 167 cm³/mol. The predicted octanol–water partition coefficient (Wildman–Crippen LogP) is 6.74. The average Bonchev–Trinajstić information content (AvgIpc) is 3.09. The van der Waals surface area contributed by atoms with Crippen LogP contribution in [0.4, 0.5) is 0 Å². The first-order valence-corrected chi connectivity index (χ1v) is 19.0. The topological polar surface area (TPSA) is 83.1 Å². The molecule has 0 radical (unpaired) electrons. The summed E-state index contributed by atoms with van der Waals surface area (Å²) >= 11 is 0. The number of sulfonamides is 1. The lowest BCUT2D eigenvalue weighted by molar-refractivity contribution is -0.196. The number of rotatable bonds is 14. The van der Waals surface area contributed by atoms with Gasteiger partial charge in [0.1, 0.15) is 12.2 Å². The normalized spacial score (nSPS) is 20.5. The number of hydrogen-bond acceptors (Lipinski definition) is 6. The third-order valence-electron chi connectivity index (χ3n) is 7.89. The quantitative estimate of drug-likeness (QED) is 0.146. The molecule has 3 rings (SSSR count). The lowest BCUT2D eigenvalue weighted by atomic mass is 10.0. The molecule has 1 heterocycles. The molecule has 41 heavy (non-hydrogen) atoms. The second kappa shape index (κ2) is 15.0. The van der Waals surface area contributed by atoms with E-state index in [0.717, 1.165) is 29.5 Å². The first kappa shape index (κ1) is 33.6. The number of aryl methyl sites for hydroxylation is 1. The molecular weight excluding hydrogens is 555 g/mol. The molecule has 2 aromatic rings. The summed E-state index contributed by atoms with van der Waals surface area (Å²) in [4.78, 5) is 0.230. The number of nitrogens with one attached hydrogen (secondary N) is 1. The van der Waals surface area contributed by atoms with Gasteiger partial charge in [-0.2, -0.15) is 0 Å². The molecule has 7 nitrogen and oxygen atoms in total. The van der Waals surface area contributed by atoms with Crippen LogP contribution in [0.25, 0.3) is 0 Å².